The van der Waals surface area contributed by atoms with Crippen molar-refractivity contribution in [2.24, 2.45) is 5.92 Å². The van der Waals surface area contributed by atoms with E-state index in [9.17, 15) is 4.79 Å². The highest BCUT2D eigenvalue weighted by Gasteiger charge is 2.62. The van der Waals surface area contributed by atoms with Crippen molar-refractivity contribution < 1.29 is 4.79 Å². The smallest absolute Gasteiger partial charge is 0.223 e. The van der Waals surface area contributed by atoms with Crippen molar-refractivity contribution in [2.75, 3.05) is 0 Å². The Labute approximate surface area is 148 Å². The van der Waals surface area contributed by atoms with Gasteiger partial charge in [-0.3, -0.25) is 4.79 Å². The number of carbonyl (C=O) groups excluding carboxylic acids is 1. The first kappa shape index (κ1) is 19.0. The molecule has 2 rings (SSSR count). The number of benzene rings is 1. The molecule has 1 aromatic rings. The lowest BCUT2D eigenvalue weighted by Gasteiger charge is -2.54. The summed E-state index contributed by atoms with van der Waals surface area (Å²) in [5, 5.41) is 3.33. The van der Waals surface area contributed by atoms with Gasteiger partial charge in [0, 0.05) is 12.0 Å². The minimum atomic E-state index is -1.92. The molecule has 0 spiro atoms. The highest BCUT2D eigenvalue weighted by Crippen LogP contribution is 2.58. The lowest BCUT2D eigenvalue weighted by Crippen LogP contribution is -2.60. The quantitative estimate of drug-likeness (QED) is 0.587. The van der Waals surface area contributed by atoms with E-state index in [2.05, 4.69) is 89.9 Å². The summed E-state index contributed by atoms with van der Waals surface area (Å²) in [7, 11) is -1.92. The van der Waals surface area contributed by atoms with Gasteiger partial charge in [0.05, 0.1) is 8.07 Å². The van der Waals surface area contributed by atoms with Crippen LogP contribution in [-0.4, -0.2) is 20.0 Å². The van der Waals surface area contributed by atoms with E-state index in [1.807, 2.05) is 0 Å². The zero-order valence-corrected chi connectivity index (χ0v) is 17.4. The maximum atomic E-state index is 12.6. The monoisotopic (exact) mass is 343 g/mol. The predicted molar refractivity (Wildman–Crippen MR) is 106 cm³/mol. The number of rotatable bonds is 5. The van der Waals surface area contributed by atoms with Gasteiger partial charge in [0.25, 0.3) is 0 Å². The number of hydrogen-bond acceptors (Lipinski definition) is 1. The van der Waals surface area contributed by atoms with Crippen molar-refractivity contribution >= 4 is 14.0 Å². The highest BCUT2D eigenvalue weighted by atomic mass is 28.3. The van der Waals surface area contributed by atoms with Gasteiger partial charge >= 0.3 is 0 Å². The van der Waals surface area contributed by atoms with E-state index in [1.165, 1.54) is 5.56 Å². The molecule has 1 amide bonds. The first-order chi connectivity index (χ1) is 11.0. The Bertz CT molecular complexity index is 632. The Hall–Kier alpha value is -1.35. The summed E-state index contributed by atoms with van der Waals surface area (Å²) >= 11 is 0. The number of carbonyl (C=O) groups is 1. The summed E-state index contributed by atoms with van der Waals surface area (Å²) in [6, 6.07) is 11.0. The van der Waals surface area contributed by atoms with Gasteiger partial charge in [0.1, 0.15) is 0 Å². The third-order valence-corrected chi connectivity index (χ3v) is 14.2. The molecule has 1 aliphatic heterocycles. The molecule has 0 bridgehead atoms. The van der Waals surface area contributed by atoms with Gasteiger partial charge in [-0.05, 0) is 29.0 Å². The molecule has 0 saturated carbocycles. The average Bonchev–Trinajstić information content (AvgIpc) is 2.72. The van der Waals surface area contributed by atoms with E-state index in [0.717, 1.165) is 12.0 Å². The first-order valence-corrected chi connectivity index (χ1v) is 12.0. The number of nitrogens with one attached hydrogen (secondary N) is 1. The zero-order chi connectivity index (χ0) is 18.3. The molecule has 0 radical (unpaired) electrons. The van der Waals surface area contributed by atoms with E-state index >= 15 is 0 Å². The summed E-state index contributed by atoms with van der Waals surface area (Å²) in [5.41, 5.74) is 2.52. The molecule has 1 aliphatic rings. The molecular weight excluding hydrogens is 310 g/mol. The highest BCUT2D eigenvalue weighted by molar-refractivity contribution is 6.83. The summed E-state index contributed by atoms with van der Waals surface area (Å²) in [6.07, 6.45) is 0.869. The van der Waals surface area contributed by atoms with Crippen LogP contribution in [0.15, 0.2) is 42.5 Å². The molecule has 0 aromatic heterocycles. The van der Waals surface area contributed by atoms with Gasteiger partial charge in [-0.15, -0.1) is 6.58 Å². The summed E-state index contributed by atoms with van der Waals surface area (Å²) < 4.78 is 0. The molecule has 0 unspecified atom stereocenters. The summed E-state index contributed by atoms with van der Waals surface area (Å²) in [6.45, 7) is 20.3. The Kier molecular flexibility index (Phi) is 4.89. The normalized spacial score (nSPS) is 27.9. The standard InChI is InChI=1S/C21H33NOSi/c1-15(2)14-18-21(6,16(3)19(23)22-18)24(7,8)20(4,5)17-12-10-9-11-13-17/h9-13,16,18H,1,14H2,2-8H3,(H,22,23)/t16-,18-,21+/m1/s1. The molecule has 132 valence electrons. The van der Waals surface area contributed by atoms with Crippen molar-refractivity contribution in [3.05, 3.63) is 48.0 Å². The molecule has 24 heavy (non-hydrogen) atoms. The van der Waals surface area contributed by atoms with Gasteiger partial charge in [0.15, 0.2) is 0 Å². The molecule has 1 N–H and O–H groups in total. The number of amides is 1. The Morgan fingerprint density at radius 1 is 1.29 bits per heavy atom. The van der Waals surface area contributed by atoms with Crippen LogP contribution in [0.5, 0.6) is 0 Å². The van der Waals surface area contributed by atoms with Crippen molar-refractivity contribution in [1.82, 2.24) is 5.32 Å². The van der Waals surface area contributed by atoms with Gasteiger partial charge in [-0.2, -0.15) is 0 Å². The van der Waals surface area contributed by atoms with E-state index in [-0.39, 0.29) is 27.9 Å². The summed E-state index contributed by atoms with van der Waals surface area (Å²) in [5.74, 6) is 0.236. The van der Waals surface area contributed by atoms with Gasteiger partial charge in [-0.25, -0.2) is 0 Å². The topological polar surface area (TPSA) is 29.1 Å². The predicted octanol–water partition coefficient (Wildman–Crippen LogP) is 5.07. The van der Waals surface area contributed by atoms with Crippen LogP contribution in [0.25, 0.3) is 0 Å². The molecule has 1 aromatic carbocycles. The molecule has 3 atom stereocenters. The lowest BCUT2D eigenvalue weighted by molar-refractivity contribution is -0.122. The van der Waals surface area contributed by atoms with E-state index in [1.54, 1.807) is 0 Å². The van der Waals surface area contributed by atoms with Crippen LogP contribution in [0.4, 0.5) is 0 Å². The molecule has 2 nitrogen and oxygen atoms in total. The second-order valence-corrected chi connectivity index (χ2v) is 14.4. The third-order valence-electron chi connectivity index (χ3n) is 7.29. The Morgan fingerprint density at radius 3 is 2.33 bits per heavy atom. The molecule has 0 aliphatic carbocycles. The van der Waals surface area contributed by atoms with Gasteiger partial charge in [0.2, 0.25) is 5.91 Å². The van der Waals surface area contributed by atoms with Crippen LogP contribution in [0.1, 0.15) is 46.6 Å². The van der Waals surface area contributed by atoms with E-state index < -0.39 is 8.07 Å². The zero-order valence-electron chi connectivity index (χ0n) is 16.4. The van der Waals surface area contributed by atoms with Crippen LogP contribution in [0.2, 0.25) is 18.1 Å². The largest absolute Gasteiger partial charge is 0.353 e. The van der Waals surface area contributed by atoms with Crippen molar-refractivity contribution in [1.29, 1.82) is 0 Å². The average molecular weight is 344 g/mol. The van der Waals surface area contributed by atoms with Crippen LogP contribution in [0, 0.1) is 5.92 Å². The van der Waals surface area contributed by atoms with Crippen molar-refractivity contribution in [2.45, 2.75) is 70.3 Å². The maximum Gasteiger partial charge on any atom is 0.223 e. The van der Waals surface area contributed by atoms with Crippen molar-refractivity contribution in [3.63, 3.8) is 0 Å². The van der Waals surface area contributed by atoms with Crippen LogP contribution in [0.3, 0.4) is 0 Å². The SMILES string of the molecule is C=C(C)C[C@H]1NC(=O)[C@@H](C)[C@]1(C)[Si](C)(C)C(C)(C)c1ccccc1. The Balaban J connectivity index is 2.55. The fourth-order valence-electron chi connectivity index (χ4n) is 4.50. The fourth-order valence-corrected chi connectivity index (χ4v) is 8.99. The lowest BCUT2D eigenvalue weighted by atomic mass is 9.89. The number of hydrogen-bond donors (Lipinski definition) is 1. The molecule has 1 heterocycles. The summed E-state index contributed by atoms with van der Waals surface area (Å²) in [4.78, 5) is 12.6. The second kappa shape index (κ2) is 6.18. The fraction of sp³-hybridized carbons (Fsp3) is 0.571. The molecule has 3 heteroatoms. The third kappa shape index (κ3) is 2.67. The van der Waals surface area contributed by atoms with Crippen LogP contribution < -0.4 is 5.32 Å². The van der Waals surface area contributed by atoms with Gasteiger partial charge < -0.3 is 5.32 Å². The van der Waals surface area contributed by atoms with Crippen molar-refractivity contribution in [3.8, 4) is 0 Å². The minimum Gasteiger partial charge on any atom is -0.353 e. The van der Waals surface area contributed by atoms with E-state index in [0.29, 0.717) is 0 Å². The Morgan fingerprint density at radius 2 is 1.83 bits per heavy atom. The van der Waals surface area contributed by atoms with Gasteiger partial charge in [-0.1, -0.05) is 76.7 Å². The second-order valence-electron chi connectivity index (χ2n) is 8.84. The first-order valence-electron chi connectivity index (χ1n) is 8.96. The molecular formula is C21H33NOSi. The molecule has 1 fully saturated rings. The minimum absolute atomic E-state index is 0.0254. The van der Waals surface area contributed by atoms with Crippen LogP contribution in [-0.2, 0) is 9.83 Å². The van der Waals surface area contributed by atoms with Crippen LogP contribution >= 0.6 is 0 Å². The maximum absolute atomic E-state index is 12.6. The van der Waals surface area contributed by atoms with E-state index in [4.69, 9.17) is 0 Å². The molecule has 1 saturated heterocycles.